The van der Waals surface area contributed by atoms with Crippen LogP contribution in [0.5, 0.6) is 5.75 Å². The number of rotatable bonds is 7. The van der Waals surface area contributed by atoms with Gasteiger partial charge in [-0.05, 0) is 25.1 Å². The van der Waals surface area contributed by atoms with E-state index in [1.54, 1.807) is 19.4 Å². The number of aromatic nitrogens is 3. The van der Waals surface area contributed by atoms with Crippen molar-refractivity contribution in [3.8, 4) is 17.3 Å². The maximum atomic E-state index is 5.43. The van der Waals surface area contributed by atoms with E-state index in [4.69, 9.17) is 9.15 Å². The SMILES string of the molecule is CCNC(=NCc1nc(-c2ccco2)n[nH]1)N(C)Cc1ccccc1OC. The normalized spacial score (nSPS) is 11.4. The van der Waals surface area contributed by atoms with Gasteiger partial charge >= 0.3 is 0 Å². The van der Waals surface area contributed by atoms with Gasteiger partial charge in [-0.3, -0.25) is 5.10 Å². The van der Waals surface area contributed by atoms with E-state index in [1.807, 2.05) is 49.2 Å². The van der Waals surface area contributed by atoms with Gasteiger partial charge in [-0.2, -0.15) is 0 Å². The molecule has 8 nitrogen and oxygen atoms in total. The Balaban J connectivity index is 1.70. The lowest BCUT2D eigenvalue weighted by atomic mass is 10.2. The number of nitrogens with one attached hydrogen (secondary N) is 2. The number of hydrogen-bond donors (Lipinski definition) is 2. The van der Waals surface area contributed by atoms with Crippen molar-refractivity contribution >= 4 is 5.96 Å². The quantitative estimate of drug-likeness (QED) is 0.492. The molecule has 142 valence electrons. The number of H-pyrrole nitrogens is 1. The van der Waals surface area contributed by atoms with Crippen molar-refractivity contribution in [1.82, 2.24) is 25.4 Å². The molecule has 2 aromatic heterocycles. The average molecular weight is 368 g/mol. The number of methoxy groups -OCH3 is 1. The van der Waals surface area contributed by atoms with Crippen LogP contribution in [0.15, 0.2) is 52.1 Å². The predicted molar refractivity (Wildman–Crippen MR) is 103 cm³/mol. The second-order valence-corrected chi connectivity index (χ2v) is 5.92. The first-order valence-corrected chi connectivity index (χ1v) is 8.77. The van der Waals surface area contributed by atoms with E-state index >= 15 is 0 Å². The van der Waals surface area contributed by atoms with Gasteiger partial charge in [0.25, 0.3) is 0 Å². The number of aromatic amines is 1. The summed E-state index contributed by atoms with van der Waals surface area (Å²) in [6.45, 7) is 3.86. The van der Waals surface area contributed by atoms with Gasteiger partial charge in [0.2, 0.25) is 5.82 Å². The molecule has 0 fully saturated rings. The van der Waals surface area contributed by atoms with Crippen molar-refractivity contribution in [2.24, 2.45) is 4.99 Å². The Labute approximate surface area is 158 Å². The molecule has 0 saturated heterocycles. The lowest BCUT2D eigenvalue weighted by Crippen LogP contribution is -2.38. The Morgan fingerprint density at radius 1 is 1.30 bits per heavy atom. The number of hydrogen-bond acceptors (Lipinski definition) is 5. The molecule has 2 heterocycles. The van der Waals surface area contributed by atoms with Crippen LogP contribution in [0.25, 0.3) is 11.6 Å². The van der Waals surface area contributed by atoms with E-state index in [-0.39, 0.29) is 0 Å². The van der Waals surface area contributed by atoms with Crippen molar-refractivity contribution in [1.29, 1.82) is 0 Å². The Morgan fingerprint density at radius 3 is 2.89 bits per heavy atom. The molecule has 2 N–H and O–H groups in total. The summed E-state index contributed by atoms with van der Waals surface area (Å²) in [5, 5.41) is 10.4. The van der Waals surface area contributed by atoms with Gasteiger partial charge in [0.05, 0.1) is 13.4 Å². The monoisotopic (exact) mass is 368 g/mol. The Morgan fingerprint density at radius 2 is 2.15 bits per heavy atom. The van der Waals surface area contributed by atoms with Crippen LogP contribution < -0.4 is 10.1 Å². The van der Waals surface area contributed by atoms with Crippen molar-refractivity contribution in [2.45, 2.75) is 20.0 Å². The number of aliphatic imine (C=N–C) groups is 1. The van der Waals surface area contributed by atoms with Crippen LogP contribution >= 0.6 is 0 Å². The zero-order valence-corrected chi connectivity index (χ0v) is 15.8. The summed E-state index contributed by atoms with van der Waals surface area (Å²) in [7, 11) is 3.67. The molecular formula is C19H24N6O2. The highest BCUT2D eigenvalue weighted by Crippen LogP contribution is 2.19. The van der Waals surface area contributed by atoms with Gasteiger partial charge in [-0.1, -0.05) is 18.2 Å². The molecule has 3 rings (SSSR count). The summed E-state index contributed by atoms with van der Waals surface area (Å²) < 4.78 is 10.7. The first-order valence-electron chi connectivity index (χ1n) is 8.77. The fourth-order valence-corrected chi connectivity index (χ4v) is 2.67. The summed E-state index contributed by atoms with van der Waals surface area (Å²) in [5.74, 6) is 3.46. The maximum Gasteiger partial charge on any atom is 0.216 e. The zero-order valence-electron chi connectivity index (χ0n) is 15.8. The van der Waals surface area contributed by atoms with Crippen LogP contribution in [-0.4, -0.2) is 46.7 Å². The number of furan rings is 1. The zero-order chi connectivity index (χ0) is 19.1. The van der Waals surface area contributed by atoms with Crippen LogP contribution in [0, 0.1) is 0 Å². The molecule has 0 atom stereocenters. The number of para-hydroxylation sites is 1. The van der Waals surface area contributed by atoms with E-state index in [1.165, 1.54) is 0 Å². The second kappa shape index (κ2) is 8.88. The van der Waals surface area contributed by atoms with E-state index in [0.717, 1.165) is 23.8 Å². The van der Waals surface area contributed by atoms with E-state index < -0.39 is 0 Å². The van der Waals surface area contributed by atoms with Crippen LogP contribution in [0.4, 0.5) is 0 Å². The topological polar surface area (TPSA) is 91.6 Å². The first kappa shape index (κ1) is 18.5. The van der Waals surface area contributed by atoms with Crippen molar-refractivity contribution < 1.29 is 9.15 Å². The van der Waals surface area contributed by atoms with Gasteiger partial charge in [-0.25, -0.2) is 9.98 Å². The lowest BCUT2D eigenvalue weighted by molar-refractivity contribution is 0.396. The summed E-state index contributed by atoms with van der Waals surface area (Å²) in [6, 6.07) is 11.6. The van der Waals surface area contributed by atoms with Crippen LogP contribution in [0.1, 0.15) is 18.3 Å². The molecule has 3 aromatic rings. The lowest BCUT2D eigenvalue weighted by Gasteiger charge is -2.23. The number of benzene rings is 1. The summed E-state index contributed by atoms with van der Waals surface area (Å²) in [5.41, 5.74) is 1.09. The molecule has 0 spiro atoms. The minimum atomic E-state index is 0.381. The van der Waals surface area contributed by atoms with Gasteiger partial charge in [0.15, 0.2) is 11.7 Å². The molecule has 1 aromatic carbocycles. The summed E-state index contributed by atoms with van der Waals surface area (Å²) in [6.07, 6.45) is 1.60. The molecule has 27 heavy (non-hydrogen) atoms. The van der Waals surface area contributed by atoms with Gasteiger partial charge in [-0.15, -0.1) is 5.10 Å². The van der Waals surface area contributed by atoms with Crippen LogP contribution in [0.2, 0.25) is 0 Å². The number of nitrogens with zero attached hydrogens (tertiary/aromatic N) is 4. The number of guanidine groups is 1. The second-order valence-electron chi connectivity index (χ2n) is 5.92. The van der Waals surface area contributed by atoms with E-state index in [9.17, 15) is 0 Å². The third-order valence-corrected chi connectivity index (χ3v) is 3.95. The largest absolute Gasteiger partial charge is 0.496 e. The highest BCUT2D eigenvalue weighted by molar-refractivity contribution is 5.79. The Kier molecular flexibility index (Phi) is 6.09. The summed E-state index contributed by atoms with van der Waals surface area (Å²) >= 11 is 0. The Bertz CT molecular complexity index is 872. The average Bonchev–Trinajstić information content (AvgIpc) is 3.37. The number of ether oxygens (including phenoxy) is 1. The van der Waals surface area contributed by atoms with Crippen molar-refractivity contribution in [3.05, 3.63) is 54.0 Å². The minimum Gasteiger partial charge on any atom is -0.496 e. The van der Waals surface area contributed by atoms with Crippen molar-refractivity contribution in [3.63, 3.8) is 0 Å². The molecule has 0 unspecified atom stereocenters. The molecule has 0 radical (unpaired) electrons. The third kappa shape index (κ3) is 4.66. The molecule has 0 aliphatic carbocycles. The van der Waals surface area contributed by atoms with E-state index in [0.29, 0.717) is 30.5 Å². The maximum absolute atomic E-state index is 5.43. The standard InChI is InChI=1S/C19H24N6O2/c1-4-20-19(25(2)13-14-8-5-6-9-15(14)26-3)21-12-17-22-18(24-23-17)16-10-7-11-27-16/h5-11H,4,12-13H2,1-3H3,(H,20,21)(H,22,23,24). The highest BCUT2D eigenvalue weighted by atomic mass is 16.5. The fraction of sp³-hybridized carbons (Fsp3) is 0.316. The Hall–Kier alpha value is -3.29. The molecule has 0 aliphatic rings. The molecule has 8 heteroatoms. The molecular weight excluding hydrogens is 344 g/mol. The van der Waals surface area contributed by atoms with Crippen LogP contribution in [-0.2, 0) is 13.1 Å². The van der Waals surface area contributed by atoms with Gasteiger partial charge < -0.3 is 19.4 Å². The van der Waals surface area contributed by atoms with Gasteiger partial charge in [0, 0.05) is 25.7 Å². The third-order valence-electron chi connectivity index (χ3n) is 3.95. The molecule has 0 bridgehead atoms. The van der Waals surface area contributed by atoms with Crippen LogP contribution in [0.3, 0.4) is 0 Å². The smallest absolute Gasteiger partial charge is 0.216 e. The first-order chi connectivity index (χ1) is 13.2. The highest BCUT2D eigenvalue weighted by Gasteiger charge is 2.11. The molecule has 0 saturated carbocycles. The predicted octanol–water partition coefficient (Wildman–Crippen LogP) is 2.67. The minimum absolute atomic E-state index is 0.381. The molecule has 0 amide bonds. The van der Waals surface area contributed by atoms with Crippen molar-refractivity contribution in [2.75, 3.05) is 20.7 Å². The fourth-order valence-electron chi connectivity index (χ4n) is 2.67. The summed E-state index contributed by atoms with van der Waals surface area (Å²) in [4.78, 5) is 11.1. The van der Waals surface area contributed by atoms with E-state index in [2.05, 4.69) is 25.5 Å². The van der Waals surface area contributed by atoms with Gasteiger partial charge in [0.1, 0.15) is 18.1 Å². The molecule has 0 aliphatic heterocycles.